The molecule has 2 heterocycles. The normalized spacial score (nSPS) is 30.5. The largest absolute Gasteiger partial charge is 0.379 e. The second-order valence-corrected chi connectivity index (χ2v) is 7.43. The Bertz CT molecular complexity index is 396. The molecule has 0 aromatic carbocycles. The molecule has 118 valence electrons. The van der Waals surface area contributed by atoms with Crippen LogP contribution in [0.5, 0.6) is 0 Å². The number of rotatable bonds is 5. The van der Waals surface area contributed by atoms with E-state index in [0.717, 1.165) is 19.4 Å². The zero-order valence-corrected chi connectivity index (χ0v) is 13.4. The summed E-state index contributed by atoms with van der Waals surface area (Å²) < 4.78 is 33.8. The number of ether oxygens (including phenoxy) is 1. The molecule has 2 saturated heterocycles. The summed E-state index contributed by atoms with van der Waals surface area (Å²) >= 11 is 0. The Morgan fingerprint density at radius 2 is 1.85 bits per heavy atom. The highest BCUT2D eigenvalue weighted by Crippen LogP contribution is 2.24. The number of nitrogens with one attached hydrogen (secondary N) is 1. The molecule has 2 fully saturated rings. The minimum absolute atomic E-state index is 0.402. The molecule has 0 aromatic heterocycles. The van der Waals surface area contributed by atoms with Crippen LogP contribution < -0.4 is 5.32 Å². The molecule has 20 heavy (non-hydrogen) atoms. The van der Waals surface area contributed by atoms with Gasteiger partial charge in [-0.15, -0.1) is 0 Å². The Morgan fingerprint density at radius 3 is 2.45 bits per heavy atom. The Morgan fingerprint density at radius 1 is 1.15 bits per heavy atom. The summed E-state index contributed by atoms with van der Waals surface area (Å²) in [6.07, 6.45) is 1.91. The summed E-state index contributed by atoms with van der Waals surface area (Å²) in [6.45, 7) is 8.40. The van der Waals surface area contributed by atoms with Crippen LogP contribution in [-0.2, 0) is 14.9 Å². The number of hydrogen-bond donors (Lipinski definition) is 1. The van der Waals surface area contributed by atoms with Crippen LogP contribution in [0.15, 0.2) is 0 Å². The Hall–Kier alpha value is -0.210. The van der Waals surface area contributed by atoms with Gasteiger partial charge in [0.15, 0.2) is 0 Å². The van der Waals surface area contributed by atoms with Crippen molar-refractivity contribution in [2.75, 3.05) is 45.9 Å². The minimum Gasteiger partial charge on any atom is -0.379 e. The fraction of sp³-hybridized carbons (Fsp3) is 1.00. The van der Waals surface area contributed by atoms with Crippen LogP contribution in [0, 0.1) is 5.92 Å². The maximum absolute atomic E-state index is 12.6. The molecule has 0 aromatic rings. The van der Waals surface area contributed by atoms with E-state index >= 15 is 0 Å². The smallest absolute Gasteiger partial charge is 0.282 e. The lowest BCUT2D eigenvalue weighted by molar-refractivity contribution is 0.0684. The van der Waals surface area contributed by atoms with Crippen molar-refractivity contribution in [2.45, 2.75) is 32.7 Å². The molecule has 0 bridgehead atoms. The molecule has 0 saturated carbocycles. The van der Waals surface area contributed by atoms with E-state index in [9.17, 15) is 8.42 Å². The van der Waals surface area contributed by atoms with Crippen molar-refractivity contribution >= 4 is 10.2 Å². The van der Waals surface area contributed by atoms with Gasteiger partial charge in [-0.3, -0.25) is 0 Å². The van der Waals surface area contributed by atoms with Gasteiger partial charge < -0.3 is 10.1 Å². The third kappa shape index (κ3) is 3.51. The van der Waals surface area contributed by atoms with Crippen LogP contribution >= 0.6 is 0 Å². The van der Waals surface area contributed by atoms with Crippen molar-refractivity contribution in [3.8, 4) is 0 Å². The van der Waals surface area contributed by atoms with E-state index in [0.29, 0.717) is 51.4 Å². The first-order valence-electron chi connectivity index (χ1n) is 7.66. The number of morpholine rings is 1. The van der Waals surface area contributed by atoms with E-state index in [1.54, 1.807) is 8.61 Å². The molecule has 0 radical (unpaired) electrons. The number of hydrogen-bond acceptors (Lipinski definition) is 4. The van der Waals surface area contributed by atoms with Gasteiger partial charge in [-0.1, -0.05) is 20.3 Å². The number of piperidine rings is 1. The van der Waals surface area contributed by atoms with Crippen LogP contribution in [0.2, 0.25) is 0 Å². The second-order valence-electron chi connectivity index (χ2n) is 5.50. The first-order chi connectivity index (χ1) is 9.59. The topological polar surface area (TPSA) is 61.9 Å². The molecular formula is C13H27N3O3S. The molecule has 2 atom stereocenters. The summed E-state index contributed by atoms with van der Waals surface area (Å²) in [4.78, 5) is 0. The maximum Gasteiger partial charge on any atom is 0.282 e. The molecule has 2 aliphatic rings. The third-order valence-electron chi connectivity index (χ3n) is 4.31. The van der Waals surface area contributed by atoms with Crippen molar-refractivity contribution < 1.29 is 13.2 Å². The average molecular weight is 305 g/mol. The summed E-state index contributed by atoms with van der Waals surface area (Å²) in [5, 5.41) is 3.48. The fourth-order valence-corrected chi connectivity index (χ4v) is 4.75. The Labute approximate surface area is 122 Å². The molecular weight excluding hydrogens is 278 g/mol. The van der Waals surface area contributed by atoms with Crippen molar-refractivity contribution in [3.63, 3.8) is 0 Å². The Kier molecular flexibility index (Phi) is 5.80. The molecule has 6 nitrogen and oxygen atoms in total. The quantitative estimate of drug-likeness (QED) is 0.792. The summed E-state index contributed by atoms with van der Waals surface area (Å²) in [6, 6.07) is 0.445. The van der Waals surface area contributed by atoms with Crippen LogP contribution in [0.25, 0.3) is 0 Å². The van der Waals surface area contributed by atoms with Gasteiger partial charge in [0.05, 0.1) is 13.2 Å². The maximum atomic E-state index is 12.6. The molecule has 1 N–H and O–H groups in total. The van der Waals surface area contributed by atoms with E-state index in [1.165, 1.54) is 0 Å². The monoisotopic (exact) mass is 305 g/mol. The lowest BCUT2D eigenvalue weighted by Gasteiger charge is -2.40. The highest BCUT2D eigenvalue weighted by molar-refractivity contribution is 7.86. The molecule has 7 heteroatoms. The Balaban J connectivity index is 2.02. The molecule has 2 unspecified atom stereocenters. The van der Waals surface area contributed by atoms with Gasteiger partial charge in [-0.05, 0) is 18.9 Å². The van der Waals surface area contributed by atoms with E-state index in [2.05, 4.69) is 19.2 Å². The lowest BCUT2D eigenvalue weighted by Crippen LogP contribution is -2.55. The average Bonchev–Trinajstić information content (AvgIpc) is 2.48. The van der Waals surface area contributed by atoms with Gasteiger partial charge in [0.2, 0.25) is 0 Å². The van der Waals surface area contributed by atoms with Gasteiger partial charge in [-0.2, -0.15) is 17.0 Å². The molecule has 0 aliphatic carbocycles. The summed E-state index contributed by atoms with van der Waals surface area (Å²) in [5.41, 5.74) is 0. The van der Waals surface area contributed by atoms with Crippen molar-refractivity contribution in [2.24, 2.45) is 5.92 Å². The third-order valence-corrected chi connectivity index (χ3v) is 6.31. The summed E-state index contributed by atoms with van der Waals surface area (Å²) in [7, 11) is -3.31. The number of nitrogens with zero attached hydrogens (tertiary/aromatic N) is 2. The van der Waals surface area contributed by atoms with E-state index < -0.39 is 10.2 Å². The predicted molar refractivity (Wildman–Crippen MR) is 78.7 cm³/mol. The van der Waals surface area contributed by atoms with Crippen LogP contribution in [0.4, 0.5) is 0 Å². The van der Waals surface area contributed by atoms with Gasteiger partial charge in [0, 0.05) is 32.2 Å². The first kappa shape index (κ1) is 16.2. The first-order valence-corrected chi connectivity index (χ1v) is 9.05. The zero-order chi connectivity index (χ0) is 14.6. The molecule has 2 rings (SSSR count). The van der Waals surface area contributed by atoms with Gasteiger partial charge in [0.25, 0.3) is 10.2 Å². The van der Waals surface area contributed by atoms with Crippen molar-refractivity contribution in [3.05, 3.63) is 0 Å². The van der Waals surface area contributed by atoms with Crippen LogP contribution in [0.1, 0.15) is 26.7 Å². The predicted octanol–water partition coefficient (Wildman–Crippen LogP) is 0.273. The van der Waals surface area contributed by atoms with Gasteiger partial charge in [0.1, 0.15) is 0 Å². The molecule has 2 aliphatic heterocycles. The van der Waals surface area contributed by atoms with Crippen molar-refractivity contribution in [1.29, 1.82) is 0 Å². The van der Waals surface area contributed by atoms with Gasteiger partial charge in [-0.25, -0.2) is 0 Å². The molecule has 0 spiro atoms. The minimum atomic E-state index is -3.31. The lowest BCUT2D eigenvalue weighted by atomic mass is 9.91. The SMILES string of the molecule is CCNC1CCN(S(=O)(=O)N2CCOCC2)CC1CC. The highest BCUT2D eigenvalue weighted by atomic mass is 32.2. The van der Waals surface area contributed by atoms with Crippen LogP contribution in [0.3, 0.4) is 0 Å². The molecule has 0 amide bonds. The highest BCUT2D eigenvalue weighted by Gasteiger charge is 2.37. The van der Waals surface area contributed by atoms with E-state index in [-0.39, 0.29) is 0 Å². The van der Waals surface area contributed by atoms with E-state index in [4.69, 9.17) is 4.74 Å². The fourth-order valence-electron chi connectivity index (χ4n) is 3.09. The van der Waals surface area contributed by atoms with Crippen LogP contribution in [-0.4, -0.2) is 69.0 Å². The van der Waals surface area contributed by atoms with E-state index in [1.807, 2.05) is 0 Å². The van der Waals surface area contributed by atoms with Crippen molar-refractivity contribution in [1.82, 2.24) is 13.9 Å². The zero-order valence-electron chi connectivity index (χ0n) is 12.5. The van der Waals surface area contributed by atoms with Gasteiger partial charge >= 0.3 is 0 Å². The second kappa shape index (κ2) is 7.17. The standard InChI is InChI=1S/C13H27N3O3S/c1-3-12-11-16(6-5-13(12)14-4-2)20(17,18)15-7-9-19-10-8-15/h12-14H,3-11H2,1-2H3. The summed E-state index contributed by atoms with van der Waals surface area (Å²) in [5.74, 6) is 0.402.